The number of hydrogen-bond donors (Lipinski definition) is 0. The summed E-state index contributed by atoms with van der Waals surface area (Å²) in [7, 11) is 0. The highest BCUT2D eigenvalue weighted by Gasteiger charge is 2.28. The van der Waals surface area contributed by atoms with E-state index in [4.69, 9.17) is 0 Å². The number of Topliss-reactive ketones (excluding diaryl/α,β-unsaturated/α-hetero) is 1. The zero-order chi connectivity index (χ0) is 11.5. The van der Waals surface area contributed by atoms with Gasteiger partial charge in [-0.25, -0.2) is 4.39 Å². The fourth-order valence-corrected chi connectivity index (χ4v) is 0.924. The first kappa shape index (κ1) is 11.6. The summed E-state index contributed by atoms with van der Waals surface area (Å²) in [6.45, 7) is 0. The van der Waals surface area contributed by atoms with Gasteiger partial charge in [-0.1, -0.05) is 0 Å². The third kappa shape index (κ3) is 4.05. The van der Waals surface area contributed by atoms with Crippen LogP contribution in [0.1, 0.15) is 23.3 Å². The topological polar surface area (TPSA) is 30.0 Å². The minimum Gasteiger partial charge on any atom is -0.292 e. The number of carbonyl (C=O) groups is 1. The second kappa shape index (κ2) is 4.37. The average molecular weight is 221 g/mol. The van der Waals surface area contributed by atoms with Gasteiger partial charge < -0.3 is 0 Å². The standard InChI is InChI=1S/C9H7F4NO/c10-6-1-2-7(14-5-6)8(15)3-4-9(11,12)13/h1-2,5H,3-4H2. The van der Waals surface area contributed by atoms with Gasteiger partial charge in [0.2, 0.25) is 0 Å². The summed E-state index contributed by atoms with van der Waals surface area (Å²) in [6, 6.07) is 2.04. The highest BCUT2D eigenvalue weighted by Crippen LogP contribution is 2.22. The molecule has 1 heterocycles. The maximum absolute atomic E-state index is 12.4. The van der Waals surface area contributed by atoms with E-state index in [0.717, 1.165) is 18.3 Å². The van der Waals surface area contributed by atoms with Crippen molar-refractivity contribution in [1.82, 2.24) is 4.98 Å². The van der Waals surface area contributed by atoms with E-state index >= 15 is 0 Å². The van der Waals surface area contributed by atoms with E-state index in [0.29, 0.717) is 0 Å². The van der Waals surface area contributed by atoms with Crippen LogP contribution in [0.25, 0.3) is 0 Å². The highest BCUT2D eigenvalue weighted by molar-refractivity contribution is 5.94. The quantitative estimate of drug-likeness (QED) is 0.580. The van der Waals surface area contributed by atoms with Crippen LogP contribution in [0.3, 0.4) is 0 Å². The first-order valence-corrected chi connectivity index (χ1v) is 4.10. The molecule has 15 heavy (non-hydrogen) atoms. The molecule has 0 saturated carbocycles. The van der Waals surface area contributed by atoms with Crippen LogP contribution in [-0.4, -0.2) is 16.9 Å². The van der Waals surface area contributed by atoms with Crippen LogP contribution in [0.2, 0.25) is 0 Å². The van der Waals surface area contributed by atoms with Crippen molar-refractivity contribution in [3.63, 3.8) is 0 Å². The molecule has 1 aromatic rings. The lowest BCUT2D eigenvalue weighted by Crippen LogP contribution is -2.11. The molecule has 0 saturated heterocycles. The van der Waals surface area contributed by atoms with E-state index in [9.17, 15) is 22.4 Å². The first-order chi connectivity index (χ1) is 6.88. The van der Waals surface area contributed by atoms with E-state index < -0.39 is 30.6 Å². The Hall–Kier alpha value is -1.46. The van der Waals surface area contributed by atoms with E-state index in [1.54, 1.807) is 0 Å². The number of ketones is 1. The van der Waals surface area contributed by atoms with E-state index in [2.05, 4.69) is 4.98 Å². The Morgan fingerprint density at radius 2 is 2.00 bits per heavy atom. The molecule has 1 aromatic heterocycles. The molecule has 0 bridgehead atoms. The first-order valence-electron chi connectivity index (χ1n) is 4.10. The van der Waals surface area contributed by atoms with E-state index in [-0.39, 0.29) is 5.69 Å². The van der Waals surface area contributed by atoms with Crippen molar-refractivity contribution in [1.29, 1.82) is 0 Å². The average Bonchev–Trinajstić information content (AvgIpc) is 2.14. The molecule has 0 aliphatic heterocycles. The molecule has 0 radical (unpaired) electrons. The Labute approximate surface area is 82.9 Å². The van der Waals surface area contributed by atoms with Gasteiger partial charge >= 0.3 is 6.18 Å². The molecule has 82 valence electrons. The molecule has 0 N–H and O–H groups in total. The van der Waals surface area contributed by atoms with Gasteiger partial charge in [-0.3, -0.25) is 9.78 Å². The van der Waals surface area contributed by atoms with Crippen molar-refractivity contribution < 1.29 is 22.4 Å². The molecule has 0 unspecified atom stereocenters. The maximum Gasteiger partial charge on any atom is 0.389 e. The Kier molecular flexibility index (Phi) is 3.39. The van der Waals surface area contributed by atoms with Crippen LogP contribution >= 0.6 is 0 Å². The molecule has 6 heteroatoms. The van der Waals surface area contributed by atoms with Gasteiger partial charge in [0.1, 0.15) is 11.5 Å². The lowest BCUT2D eigenvalue weighted by Gasteiger charge is -2.04. The van der Waals surface area contributed by atoms with Crippen molar-refractivity contribution in [2.45, 2.75) is 19.0 Å². The van der Waals surface area contributed by atoms with Crippen molar-refractivity contribution in [2.75, 3.05) is 0 Å². The zero-order valence-electron chi connectivity index (χ0n) is 7.51. The molecular weight excluding hydrogens is 214 g/mol. The number of rotatable bonds is 3. The number of carbonyl (C=O) groups excluding carboxylic acids is 1. The monoisotopic (exact) mass is 221 g/mol. The Balaban J connectivity index is 2.58. The number of hydrogen-bond acceptors (Lipinski definition) is 2. The highest BCUT2D eigenvalue weighted by atomic mass is 19.4. The largest absolute Gasteiger partial charge is 0.389 e. The second-order valence-electron chi connectivity index (χ2n) is 2.90. The fraction of sp³-hybridized carbons (Fsp3) is 0.333. The predicted molar refractivity (Wildman–Crippen MR) is 43.8 cm³/mol. The molecule has 0 spiro atoms. The Morgan fingerprint density at radius 3 is 2.47 bits per heavy atom. The van der Waals surface area contributed by atoms with Crippen molar-refractivity contribution in [3.05, 3.63) is 29.8 Å². The summed E-state index contributed by atoms with van der Waals surface area (Å²) < 4.78 is 47.7. The van der Waals surface area contributed by atoms with Gasteiger partial charge in [-0.05, 0) is 12.1 Å². The predicted octanol–water partition coefficient (Wildman–Crippen LogP) is 2.75. The van der Waals surface area contributed by atoms with Gasteiger partial charge in [0.05, 0.1) is 12.6 Å². The van der Waals surface area contributed by atoms with Crippen molar-refractivity contribution in [2.24, 2.45) is 0 Å². The van der Waals surface area contributed by atoms with Crippen LogP contribution in [0.5, 0.6) is 0 Å². The van der Waals surface area contributed by atoms with Crippen LogP contribution in [0.4, 0.5) is 17.6 Å². The molecular formula is C9H7F4NO. The minimum absolute atomic E-state index is 0.152. The molecule has 0 amide bonds. The lowest BCUT2D eigenvalue weighted by atomic mass is 10.1. The fourth-order valence-electron chi connectivity index (χ4n) is 0.924. The zero-order valence-corrected chi connectivity index (χ0v) is 7.51. The van der Waals surface area contributed by atoms with Crippen molar-refractivity contribution in [3.8, 4) is 0 Å². The summed E-state index contributed by atoms with van der Waals surface area (Å²) in [6.07, 6.45) is -5.43. The van der Waals surface area contributed by atoms with Crippen LogP contribution in [0, 0.1) is 5.82 Å². The summed E-state index contributed by atoms with van der Waals surface area (Å²) >= 11 is 0. The number of alkyl halides is 3. The van der Waals surface area contributed by atoms with Gasteiger partial charge in [0.25, 0.3) is 0 Å². The molecule has 2 nitrogen and oxygen atoms in total. The van der Waals surface area contributed by atoms with Gasteiger partial charge in [-0.15, -0.1) is 0 Å². The van der Waals surface area contributed by atoms with Crippen LogP contribution in [0.15, 0.2) is 18.3 Å². The minimum atomic E-state index is -4.37. The molecule has 0 aliphatic rings. The van der Waals surface area contributed by atoms with E-state index in [1.807, 2.05) is 0 Å². The molecule has 1 rings (SSSR count). The maximum atomic E-state index is 12.4. The lowest BCUT2D eigenvalue weighted by molar-refractivity contribution is -0.133. The van der Waals surface area contributed by atoms with Gasteiger partial charge in [0, 0.05) is 6.42 Å². The van der Waals surface area contributed by atoms with Crippen LogP contribution < -0.4 is 0 Å². The summed E-state index contributed by atoms with van der Waals surface area (Å²) in [5.74, 6) is -1.38. The number of aromatic nitrogens is 1. The van der Waals surface area contributed by atoms with Gasteiger partial charge in [-0.2, -0.15) is 13.2 Å². The summed E-state index contributed by atoms with van der Waals surface area (Å²) in [4.78, 5) is 14.5. The Bertz CT molecular complexity index is 344. The number of nitrogens with zero attached hydrogens (tertiary/aromatic N) is 1. The van der Waals surface area contributed by atoms with Crippen LogP contribution in [-0.2, 0) is 0 Å². The second-order valence-corrected chi connectivity index (χ2v) is 2.90. The molecule has 0 atom stereocenters. The third-order valence-corrected chi connectivity index (χ3v) is 1.65. The summed E-state index contributed by atoms with van der Waals surface area (Å²) in [5.41, 5.74) is -0.152. The normalized spacial score (nSPS) is 11.5. The Morgan fingerprint density at radius 1 is 1.33 bits per heavy atom. The molecule has 0 aromatic carbocycles. The van der Waals surface area contributed by atoms with Crippen molar-refractivity contribution >= 4 is 5.78 Å². The van der Waals surface area contributed by atoms with Gasteiger partial charge in [0.15, 0.2) is 5.78 Å². The smallest absolute Gasteiger partial charge is 0.292 e. The SMILES string of the molecule is O=C(CCC(F)(F)F)c1ccc(F)cn1. The summed E-state index contributed by atoms with van der Waals surface area (Å²) in [5, 5.41) is 0. The van der Waals surface area contributed by atoms with E-state index in [1.165, 1.54) is 0 Å². The number of pyridine rings is 1. The third-order valence-electron chi connectivity index (χ3n) is 1.65. The molecule has 0 aliphatic carbocycles. The number of halogens is 4. The molecule has 0 fully saturated rings.